The lowest BCUT2D eigenvalue weighted by Crippen LogP contribution is -2.24. The summed E-state index contributed by atoms with van der Waals surface area (Å²) in [5.41, 5.74) is 12.4. The van der Waals surface area contributed by atoms with Crippen LogP contribution in [-0.4, -0.2) is 40.7 Å². The Kier molecular flexibility index (Phi) is 7.93. The Labute approximate surface area is 166 Å². The van der Waals surface area contributed by atoms with E-state index in [9.17, 15) is 13.6 Å². The van der Waals surface area contributed by atoms with Gasteiger partial charge < -0.3 is 26.0 Å². The van der Waals surface area contributed by atoms with Gasteiger partial charge in [0.1, 0.15) is 11.7 Å². The number of aliphatic carboxylic acids is 1. The molecule has 0 aliphatic heterocycles. The number of hydrogen-bond acceptors (Lipinski definition) is 7. The fourth-order valence-electron chi connectivity index (χ4n) is 2.68. The fraction of sp³-hybridized carbons (Fsp3) is 0.421. The van der Waals surface area contributed by atoms with Crippen LogP contribution in [0.3, 0.4) is 0 Å². The molecule has 10 heteroatoms. The van der Waals surface area contributed by atoms with Gasteiger partial charge in [-0.15, -0.1) is 0 Å². The number of aromatic nitrogens is 2. The molecule has 0 spiro atoms. The van der Waals surface area contributed by atoms with Crippen LogP contribution >= 0.6 is 0 Å². The molecule has 0 unspecified atom stereocenters. The van der Waals surface area contributed by atoms with Crippen LogP contribution in [0.1, 0.15) is 24.6 Å². The van der Waals surface area contributed by atoms with E-state index in [-0.39, 0.29) is 31.4 Å². The van der Waals surface area contributed by atoms with Crippen molar-refractivity contribution < 1.29 is 28.2 Å². The maximum atomic E-state index is 12.9. The first kappa shape index (κ1) is 22.1. The van der Waals surface area contributed by atoms with Gasteiger partial charge in [0, 0.05) is 6.42 Å². The number of carboxylic acids is 1. The van der Waals surface area contributed by atoms with Crippen LogP contribution in [0.25, 0.3) is 0 Å². The second-order valence-electron chi connectivity index (χ2n) is 6.24. The Morgan fingerprint density at radius 2 is 1.86 bits per heavy atom. The zero-order valence-corrected chi connectivity index (χ0v) is 16.0. The number of para-hydroxylation sites is 1. The van der Waals surface area contributed by atoms with Crippen LogP contribution in [0.4, 0.5) is 20.5 Å². The molecule has 0 aliphatic rings. The van der Waals surface area contributed by atoms with Crippen molar-refractivity contribution in [1.29, 1.82) is 0 Å². The molecule has 29 heavy (non-hydrogen) atoms. The van der Waals surface area contributed by atoms with Crippen molar-refractivity contribution >= 4 is 17.7 Å². The molecule has 0 radical (unpaired) electrons. The highest BCUT2D eigenvalue weighted by Gasteiger charge is 2.29. The van der Waals surface area contributed by atoms with Gasteiger partial charge in [-0.3, -0.25) is 4.79 Å². The number of benzene rings is 1. The number of aryl methyl sites for hydroxylation is 1. The molecular formula is C19H24F2N4O4. The Bertz CT molecular complexity index is 836. The molecule has 1 atom stereocenters. The van der Waals surface area contributed by atoms with E-state index in [0.29, 0.717) is 35.6 Å². The second kappa shape index (κ2) is 10.4. The third-order valence-corrected chi connectivity index (χ3v) is 4.14. The molecule has 0 saturated carbocycles. The summed E-state index contributed by atoms with van der Waals surface area (Å²) in [6.07, 6.45) is -2.24. The molecule has 0 fully saturated rings. The zero-order chi connectivity index (χ0) is 21.4. The molecule has 2 aromatic rings. The van der Waals surface area contributed by atoms with E-state index in [2.05, 4.69) is 9.97 Å². The van der Waals surface area contributed by atoms with Crippen LogP contribution in [0, 0.1) is 5.92 Å². The average molecular weight is 410 g/mol. The van der Waals surface area contributed by atoms with Gasteiger partial charge in [-0.1, -0.05) is 25.1 Å². The smallest absolute Gasteiger partial charge is 0.312 e. The third kappa shape index (κ3) is 6.16. The minimum absolute atomic E-state index is 0.0788. The third-order valence-electron chi connectivity index (χ3n) is 4.14. The maximum absolute atomic E-state index is 12.9. The lowest BCUT2D eigenvalue weighted by atomic mass is 9.99. The van der Waals surface area contributed by atoms with E-state index in [0.717, 1.165) is 0 Å². The highest BCUT2D eigenvalue weighted by atomic mass is 19.3. The van der Waals surface area contributed by atoms with Gasteiger partial charge >= 0.3 is 5.97 Å². The van der Waals surface area contributed by atoms with Crippen molar-refractivity contribution in [2.24, 2.45) is 5.92 Å². The van der Waals surface area contributed by atoms with Crippen molar-refractivity contribution in [3.8, 4) is 11.5 Å². The molecular weight excluding hydrogens is 386 g/mol. The van der Waals surface area contributed by atoms with Crippen molar-refractivity contribution in [1.82, 2.24) is 9.97 Å². The topological polar surface area (TPSA) is 134 Å². The molecule has 158 valence electrons. The Balaban J connectivity index is 1.91. The Morgan fingerprint density at radius 1 is 1.17 bits per heavy atom. The SMILES string of the molecule is CCc1nc(N)nc(N)c1OCCCOc1ccccc1C[C@H](C(=O)O)C(F)F. The first-order valence-corrected chi connectivity index (χ1v) is 9.09. The number of halogens is 2. The number of alkyl halides is 2. The Morgan fingerprint density at radius 3 is 2.52 bits per heavy atom. The predicted octanol–water partition coefficient (Wildman–Crippen LogP) is 2.56. The zero-order valence-electron chi connectivity index (χ0n) is 16.0. The van der Waals surface area contributed by atoms with Crippen molar-refractivity contribution in [2.75, 3.05) is 24.7 Å². The molecule has 0 aliphatic carbocycles. The number of nitrogens with two attached hydrogens (primary N) is 2. The summed E-state index contributed by atoms with van der Waals surface area (Å²) in [6.45, 7) is 2.39. The van der Waals surface area contributed by atoms with Crippen molar-refractivity contribution in [3.05, 3.63) is 35.5 Å². The number of ether oxygens (including phenoxy) is 2. The number of nitrogens with zero attached hydrogens (tertiary/aromatic N) is 2. The molecule has 0 bridgehead atoms. The average Bonchev–Trinajstić information content (AvgIpc) is 2.67. The molecule has 1 aromatic carbocycles. The van der Waals surface area contributed by atoms with Crippen LogP contribution in [-0.2, 0) is 17.6 Å². The number of hydrogen-bond donors (Lipinski definition) is 3. The monoisotopic (exact) mass is 410 g/mol. The summed E-state index contributed by atoms with van der Waals surface area (Å²) < 4.78 is 37.2. The van der Waals surface area contributed by atoms with Gasteiger partial charge in [-0.05, 0) is 24.5 Å². The lowest BCUT2D eigenvalue weighted by molar-refractivity contribution is -0.146. The summed E-state index contributed by atoms with van der Waals surface area (Å²) in [5.74, 6) is -2.35. The van der Waals surface area contributed by atoms with E-state index in [1.165, 1.54) is 0 Å². The first-order valence-electron chi connectivity index (χ1n) is 9.09. The van der Waals surface area contributed by atoms with Crippen LogP contribution in [0.2, 0.25) is 0 Å². The van der Waals surface area contributed by atoms with Gasteiger partial charge in [0.2, 0.25) is 5.95 Å². The lowest BCUT2D eigenvalue weighted by Gasteiger charge is -2.16. The number of anilines is 2. The maximum Gasteiger partial charge on any atom is 0.312 e. The quantitative estimate of drug-likeness (QED) is 0.481. The van der Waals surface area contributed by atoms with Gasteiger partial charge in [0.25, 0.3) is 6.43 Å². The van der Waals surface area contributed by atoms with Gasteiger partial charge in [0.05, 0.1) is 18.9 Å². The van der Waals surface area contributed by atoms with Crippen LogP contribution in [0.5, 0.6) is 11.5 Å². The van der Waals surface area contributed by atoms with Crippen LogP contribution < -0.4 is 20.9 Å². The highest BCUT2D eigenvalue weighted by molar-refractivity contribution is 5.71. The molecule has 0 saturated heterocycles. The highest BCUT2D eigenvalue weighted by Crippen LogP contribution is 2.26. The molecule has 1 heterocycles. The molecule has 1 aromatic heterocycles. The minimum Gasteiger partial charge on any atom is -0.493 e. The minimum atomic E-state index is -2.96. The summed E-state index contributed by atoms with van der Waals surface area (Å²) in [6, 6.07) is 6.52. The normalized spacial score (nSPS) is 12.0. The largest absolute Gasteiger partial charge is 0.493 e. The van der Waals surface area contributed by atoms with E-state index in [1.54, 1.807) is 24.3 Å². The van der Waals surface area contributed by atoms with E-state index in [1.807, 2.05) is 6.92 Å². The second-order valence-corrected chi connectivity index (χ2v) is 6.24. The van der Waals surface area contributed by atoms with Crippen molar-refractivity contribution in [2.45, 2.75) is 32.6 Å². The van der Waals surface area contributed by atoms with Gasteiger partial charge in [-0.25, -0.2) is 13.8 Å². The van der Waals surface area contributed by atoms with Crippen LogP contribution in [0.15, 0.2) is 24.3 Å². The summed E-state index contributed by atoms with van der Waals surface area (Å²) in [4.78, 5) is 19.0. The summed E-state index contributed by atoms with van der Waals surface area (Å²) in [5, 5.41) is 8.97. The fourth-order valence-corrected chi connectivity index (χ4v) is 2.68. The summed E-state index contributed by atoms with van der Waals surface area (Å²) in [7, 11) is 0. The number of rotatable bonds is 11. The van der Waals surface area contributed by atoms with E-state index < -0.39 is 18.3 Å². The predicted molar refractivity (Wildman–Crippen MR) is 103 cm³/mol. The molecule has 5 N–H and O–H groups in total. The first-order chi connectivity index (χ1) is 13.8. The number of carboxylic acid groups (broad SMARTS) is 1. The Hall–Kier alpha value is -3.17. The standard InChI is InChI=1S/C19H24F2N4O4/c1-2-13-15(17(22)25-19(23)24-13)29-9-5-8-28-14-7-4-3-6-11(14)10-12(16(20)21)18(26)27/h3-4,6-7,12,16H,2,5,8-10H2,1H3,(H,26,27)(H4,22,23,24,25)/t12-/m0/s1. The molecule has 8 nitrogen and oxygen atoms in total. The van der Waals surface area contributed by atoms with Gasteiger partial charge in [-0.2, -0.15) is 4.98 Å². The molecule has 2 rings (SSSR count). The van der Waals surface area contributed by atoms with E-state index in [4.69, 9.17) is 26.0 Å². The molecule has 0 amide bonds. The number of carbonyl (C=O) groups is 1. The van der Waals surface area contributed by atoms with Crippen molar-refractivity contribution in [3.63, 3.8) is 0 Å². The van der Waals surface area contributed by atoms with E-state index >= 15 is 0 Å². The van der Waals surface area contributed by atoms with Gasteiger partial charge in [0.15, 0.2) is 11.6 Å². The number of nitrogen functional groups attached to an aromatic ring is 2. The summed E-state index contributed by atoms with van der Waals surface area (Å²) >= 11 is 0.